The quantitative estimate of drug-likeness (QED) is 0.840. The van der Waals surface area contributed by atoms with Crippen molar-refractivity contribution in [3.05, 3.63) is 29.3 Å². The van der Waals surface area contributed by atoms with Crippen LogP contribution in [0.4, 0.5) is 0 Å². The molecule has 1 aromatic carbocycles. The van der Waals surface area contributed by atoms with E-state index in [0.29, 0.717) is 5.25 Å². The topological polar surface area (TPSA) is 38.5 Å². The molecule has 0 saturated carbocycles. The molecular formula is C17H28N2OS. The van der Waals surface area contributed by atoms with Crippen LogP contribution in [0.1, 0.15) is 37.4 Å². The summed E-state index contributed by atoms with van der Waals surface area (Å²) in [6.45, 7) is 7.89. The van der Waals surface area contributed by atoms with Crippen LogP contribution >= 0.6 is 11.8 Å². The second-order valence-electron chi connectivity index (χ2n) is 5.57. The van der Waals surface area contributed by atoms with Gasteiger partial charge in [-0.1, -0.05) is 19.9 Å². The third-order valence-corrected chi connectivity index (χ3v) is 5.82. The van der Waals surface area contributed by atoms with E-state index >= 15 is 0 Å². The lowest BCUT2D eigenvalue weighted by molar-refractivity contribution is 0.323. The first-order chi connectivity index (χ1) is 10.2. The maximum absolute atomic E-state index is 6.49. The number of fused-ring (bicyclic) bond motifs is 1. The minimum atomic E-state index is 0.154. The van der Waals surface area contributed by atoms with Crippen LogP contribution in [0.5, 0.6) is 5.75 Å². The molecule has 1 aliphatic carbocycles. The number of hydrogen-bond donors (Lipinski definition) is 1. The van der Waals surface area contributed by atoms with Crippen LogP contribution in [0, 0.1) is 0 Å². The monoisotopic (exact) mass is 308 g/mol. The largest absolute Gasteiger partial charge is 0.497 e. The highest BCUT2D eigenvalue weighted by atomic mass is 32.2. The van der Waals surface area contributed by atoms with Gasteiger partial charge in [-0.05, 0) is 49.2 Å². The Morgan fingerprint density at radius 1 is 1.33 bits per heavy atom. The van der Waals surface area contributed by atoms with Crippen molar-refractivity contribution >= 4 is 11.8 Å². The molecular weight excluding hydrogens is 280 g/mol. The van der Waals surface area contributed by atoms with Crippen LogP contribution in [0.2, 0.25) is 0 Å². The van der Waals surface area contributed by atoms with Gasteiger partial charge in [0, 0.05) is 23.6 Å². The number of ether oxygens (including phenoxy) is 1. The van der Waals surface area contributed by atoms with Gasteiger partial charge >= 0.3 is 0 Å². The van der Waals surface area contributed by atoms with Gasteiger partial charge in [0.05, 0.1) is 7.11 Å². The molecule has 3 nitrogen and oxygen atoms in total. The third kappa shape index (κ3) is 4.15. The Hall–Kier alpha value is -0.710. The number of nitrogens with two attached hydrogens (primary N) is 1. The fraction of sp³-hybridized carbons (Fsp3) is 0.647. The van der Waals surface area contributed by atoms with Crippen LogP contribution in [0.25, 0.3) is 0 Å². The fourth-order valence-electron chi connectivity index (χ4n) is 2.99. The lowest BCUT2D eigenvalue weighted by Gasteiger charge is -2.31. The first-order valence-corrected chi connectivity index (χ1v) is 9.00. The van der Waals surface area contributed by atoms with E-state index < -0.39 is 0 Å². The molecule has 0 aliphatic heterocycles. The fourth-order valence-corrected chi connectivity index (χ4v) is 4.29. The second kappa shape index (κ2) is 8.06. The summed E-state index contributed by atoms with van der Waals surface area (Å²) in [5.74, 6) is 2.11. The molecule has 2 unspecified atom stereocenters. The predicted octanol–water partition coefficient (Wildman–Crippen LogP) is 3.08. The Morgan fingerprint density at radius 3 is 2.76 bits per heavy atom. The first-order valence-electron chi connectivity index (χ1n) is 7.95. The molecule has 0 aromatic heterocycles. The highest BCUT2D eigenvalue weighted by Gasteiger charge is 2.27. The van der Waals surface area contributed by atoms with Gasteiger partial charge in [0.1, 0.15) is 5.75 Å². The molecule has 2 rings (SSSR count). The van der Waals surface area contributed by atoms with Crippen LogP contribution in [-0.2, 0) is 6.42 Å². The Labute approximate surface area is 133 Å². The summed E-state index contributed by atoms with van der Waals surface area (Å²) in [4.78, 5) is 2.47. The molecule has 0 heterocycles. The Kier molecular flexibility index (Phi) is 6.40. The smallest absolute Gasteiger partial charge is 0.119 e. The zero-order valence-electron chi connectivity index (χ0n) is 13.5. The van der Waals surface area contributed by atoms with E-state index in [-0.39, 0.29) is 6.04 Å². The molecule has 0 radical (unpaired) electrons. The van der Waals surface area contributed by atoms with E-state index in [0.717, 1.165) is 31.8 Å². The number of hydrogen-bond acceptors (Lipinski definition) is 4. The summed E-state index contributed by atoms with van der Waals surface area (Å²) in [5.41, 5.74) is 9.16. The molecule has 2 atom stereocenters. The normalized spacial score (nSPS) is 21.4. The molecule has 118 valence electrons. The zero-order chi connectivity index (χ0) is 15.2. The van der Waals surface area contributed by atoms with Gasteiger partial charge in [-0.3, -0.25) is 0 Å². The van der Waals surface area contributed by atoms with Crippen molar-refractivity contribution in [2.24, 2.45) is 5.73 Å². The molecule has 0 saturated heterocycles. The van der Waals surface area contributed by atoms with Crippen molar-refractivity contribution in [1.82, 2.24) is 4.90 Å². The minimum Gasteiger partial charge on any atom is -0.497 e. The van der Waals surface area contributed by atoms with E-state index in [4.69, 9.17) is 10.5 Å². The lowest BCUT2D eigenvalue weighted by Crippen LogP contribution is -2.31. The van der Waals surface area contributed by atoms with Gasteiger partial charge in [0.2, 0.25) is 0 Å². The van der Waals surface area contributed by atoms with E-state index in [1.165, 1.54) is 23.3 Å². The molecule has 2 N–H and O–H groups in total. The number of thioether (sulfide) groups is 1. The van der Waals surface area contributed by atoms with Crippen molar-refractivity contribution in [1.29, 1.82) is 0 Å². The van der Waals surface area contributed by atoms with Crippen molar-refractivity contribution in [2.45, 2.75) is 38.0 Å². The zero-order valence-corrected chi connectivity index (χ0v) is 14.3. The number of aryl methyl sites for hydroxylation is 1. The highest BCUT2D eigenvalue weighted by Crippen LogP contribution is 2.36. The van der Waals surface area contributed by atoms with Crippen LogP contribution in [-0.4, -0.2) is 42.6 Å². The van der Waals surface area contributed by atoms with Gasteiger partial charge in [-0.15, -0.1) is 0 Å². The standard InChI is InChI=1S/C17H28N2OS/c1-4-19(5-2)10-11-21-16-9-6-13-12-14(20-3)7-8-15(13)17(16)18/h7-8,12,16-17H,4-6,9-11,18H2,1-3H3. The van der Waals surface area contributed by atoms with E-state index in [1.54, 1.807) is 7.11 Å². The lowest BCUT2D eigenvalue weighted by atomic mass is 9.87. The second-order valence-corrected chi connectivity index (χ2v) is 6.91. The molecule has 1 aromatic rings. The van der Waals surface area contributed by atoms with Crippen molar-refractivity contribution < 1.29 is 4.74 Å². The molecule has 21 heavy (non-hydrogen) atoms. The predicted molar refractivity (Wildman–Crippen MR) is 92.3 cm³/mol. The number of nitrogens with zero attached hydrogens (tertiary/aromatic N) is 1. The summed E-state index contributed by atoms with van der Waals surface area (Å²) in [6, 6.07) is 6.48. The minimum absolute atomic E-state index is 0.154. The van der Waals surface area contributed by atoms with Gasteiger partial charge in [-0.25, -0.2) is 0 Å². The van der Waals surface area contributed by atoms with E-state index in [1.807, 2.05) is 17.8 Å². The summed E-state index contributed by atoms with van der Waals surface area (Å²) >= 11 is 2.04. The maximum Gasteiger partial charge on any atom is 0.119 e. The van der Waals surface area contributed by atoms with Gasteiger partial charge in [0.25, 0.3) is 0 Å². The van der Waals surface area contributed by atoms with E-state index in [9.17, 15) is 0 Å². The van der Waals surface area contributed by atoms with Crippen molar-refractivity contribution in [3.8, 4) is 5.75 Å². The van der Waals surface area contributed by atoms with Crippen molar-refractivity contribution in [3.63, 3.8) is 0 Å². The molecule has 0 fully saturated rings. The third-order valence-electron chi connectivity index (χ3n) is 4.44. The summed E-state index contributed by atoms with van der Waals surface area (Å²) in [6.07, 6.45) is 2.29. The molecule has 0 bridgehead atoms. The molecule has 4 heteroatoms. The van der Waals surface area contributed by atoms with Crippen LogP contribution in [0.15, 0.2) is 18.2 Å². The number of methoxy groups -OCH3 is 1. The average molecular weight is 308 g/mol. The first kappa shape index (κ1) is 16.7. The highest BCUT2D eigenvalue weighted by molar-refractivity contribution is 7.99. The average Bonchev–Trinajstić information content (AvgIpc) is 2.53. The van der Waals surface area contributed by atoms with Gasteiger partial charge in [-0.2, -0.15) is 11.8 Å². The van der Waals surface area contributed by atoms with Crippen LogP contribution in [0.3, 0.4) is 0 Å². The summed E-state index contributed by atoms with van der Waals surface area (Å²) < 4.78 is 5.31. The maximum atomic E-state index is 6.49. The molecule has 0 amide bonds. The van der Waals surface area contributed by atoms with Gasteiger partial charge in [0.15, 0.2) is 0 Å². The Balaban J connectivity index is 1.92. The molecule has 1 aliphatic rings. The van der Waals surface area contributed by atoms with Crippen molar-refractivity contribution in [2.75, 3.05) is 32.5 Å². The molecule has 0 spiro atoms. The SMILES string of the molecule is CCN(CC)CCSC1CCc2cc(OC)ccc2C1N. The van der Waals surface area contributed by atoms with E-state index in [2.05, 4.69) is 30.9 Å². The summed E-state index contributed by atoms with van der Waals surface area (Å²) in [7, 11) is 1.72. The Morgan fingerprint density at radius 2 is 2.10 bits per heavy atom. The Bertz CT molecular complexity index is 448. The van der Waals surface area contributed by atoms with Crippen LogP contribution < -0.4 is 10.5 Å². The number of rotatable bonds is 7. The summed E-state index contributed by atoms with van der Waals surface area (Å²) in [5, 5.41) is 0.543. The van der Waals surface area contributed by atoms with Gasteiger partial charge < -0.3 is 15.4 Å². The number of benzene rings is 1.